The van der Waals surface area contributed by atoms with Gasteiger partial charge in [0.05, 0.1) is 12.2 Å². The van der Waals surface area contributed by atoms with Gasteiger partial charge < -0.3 is 10.1 Å². The molecule has 0 fully saturated rings. The molecule has 0 saturated carbocycles. The second-order valence-electron chi connectivity index (χ2n) is 6.71. The van der Waals surface area contributed by atoms with Gasteiger partial charge in [0, 0.05) is 27.0 Å². The Balaban J connectivity index is 1.64. The highest BCUT2D eigenvalue weighted by Gasteiger charge is 2.17. The first-order valence-electron chi connectivity index (χ1n) is 8.91. The van der Waals surface area contributed by atoms with Crippen molar-refractivity contribution < 1.29 is 8.95 Å². The molecule has 1 aliphatic heterocycles. The number of nitrogens with zero attached hydrogens (tertiary/aromatic N) is 3. The minimum Gasteiger partial charge on any atom is -0.493 e. The van der Waals surface area contributed by atoms with E-state index in [1.165, 1.54) is 18.1 Å². The summed E-state index contributed by atoms with van der Waals surface area (Å²) in [5.74, 6) is 1.82. The van der Waals surface area contributed by atoms with Crippen molar-refractivity contribution in [2.24, 2.45) is 5.14 Å². The summed E-state index contributed by atoms with van der Waals surface area (Å²) in [7, 11) is -2.48. The van der Waals surface area contributed by atoms with Crippen LogP contribution >= 0.6 is 0 Å². The van der Waals surface area contributed by atoms with Crippen LogP contribution in [0.15, 0.2) is 48.8 Å². The molecule has 0 amide bonds. The molecule has 8 heteroatoms. The van der Waals surface area contributed by atoms with Crippen molar-refractivity contribution in [3.05, 3.63) is 59.9 Å². The topological polar surface area (TPSA) is 103 Å². The van der Waals surface area contributed by atoms with Crippen molar-refractivity contribution in [2.75, 3.05) is 18.2 Å². The van der Waals surface area contributed by atoms with Crippen LogP contribution in [0, 0.1) is 0 Å². The number of aryl methyl sites for hydroxylation is 1. The molecule has 144 valence electrons. The van der Waals surface area contributed by atoms with Crippen molar-refractivity contribution >= 4 is 26.7 Å². The van der Waals surface area contributed by atoms with Gasteiger partial charge in [0.15, 0.2) is 5.82 Å². The first-order valence-corrected chi connectivity index (χ1v) is 11.0. The minimum atomic E-state index is -2.48. The molecule has 0 spiro atoms. The molecule has 1 aliphatic rings. The van der Waals surface area contributed by atoms with E-state index in [1.54, 1.807) is 5.37 Å². The Morgan fingerprint density at radius 1 is 1.21 bits per heavy atom. The fourth-order valence-corrected chi connectivity index (χ4v) is 3.83. The number of fused-ring (bicyclic) bond motifs is 1. The fraction of sp³-hybridized carbons (Fsp3) is 0.200. The maximum Gasteiger partial charge on any atom is 0.230 e. The number of hydrogen-bond acceptors (Lipinski definition) is 6. The van der Waals surface area contributed by atoms with Crippen LogP contribution in [-0.2, 0) is 16.1 Å². The summed E-state index contributed by atoms with van der Waals surface area (Å²) in [5.41, 5.74) is 3.56. The van der Waals surface area contributed by atoms with Crippen molar-refractivity contribution in [1.29, 1.82) is 0 Å². The lowest BCUT2D eigenvalue weighted by molar-refractivity contribution is 0.289. The molecule has 0 aliphatic carbocycles. The summed E-state index contributed by atoms with van der Waals surface area (Å²) in [4.78, 5) is 13.1. The van der Waals surface area contributed by atoms with Crippen LogP contribution in [0.4, 0.5) is 11.6 Å². The maximum absolute atomic E-state index is 11.8. The molecule has 2 heterocycles. The van der Waals surface area contributed by atoms with Crippen LogP contribution in [0.1, 0.15) is 17.5 Å². The lowest BCUT2D eigenvalue weighted by Crippen LogP contribution is -2.13. The molecular weight excluding hydrogens is 374 g/mol. The average molecular weight is 395 g/mol. The van der Waals surface area contributed by atoms with Gasteiger partial charge in [-0.3, -0.25) is 9.35 Å². The van der Waals surface area contributed by atoms with E-state index in [-0.39, 0.29) is 0 Å². The van der Waals surface area contributed by atoms with Gasteiger partial charge in [-0.1, -0.05) is 24.3 Å². The average Bonchev–Trinajstić information content (AvgIpc) is 2.67. The second-order valence-corrected chi connectivity index (χ2v) is 8.88. The van der Waals surface area contributed by atoms with Crippen LogP contribution < -0.4 is 15.2 Å². The van der Waals surface area contributed by atoms with E-state index in [4.69, 9.17) is 9.88 Å². The van der Waals surface area contributed by atoms with Crippen molar-refractivity contribution in [1.82, 2.24) is 15.0 Å². The summed E-state index contributed by atoms with van der Waals surface area (Å²) >= 11 is 0. The molecule has 7 nitrogen and oxygen atoms in total. The van der Waals surface area contributed by atoms with Gasteiger partial charge in [0.25, 0.3) is 0 Å². The lowest BCUT2D eigenvalue weighted by atomic mass is 10.0. The highest BCUT2D eigenvalue weighted by molar-refractivity contribution is 7.98. The number of nitrogens with one attached hydrogen (secondary N) is 1. The van der Waals surface area contributed by atoms with Crippen LogP contribution in [0.5, 0.6) is 5.75 Å². The fourth-order valence-electron chi connectivity index (χ4n) is 3.14. The maximum atomic E-state index is 11.8. The predicted octanol–water partition coefficient (Wildman–Crippen LogP) is 2.55. The lowest BCUT2D eigenvalue weighted by Gasteiger charge is -2.19. The van der Waals surface area contributed by atoms with E-state index < -0.39 is 9.71 Å². The zero-order valence-corrected chi connectivity index (χ0v) is 16.3. The van der Waals surface area contributed by atoms with E-state index in [0.717, 1.165) is 35.4 Å². The third-order valence-electron chi connectivity index (χ3n) is 4.26. The molecule has 1 atom stereocenters. The summed E-state index contributed by atoms with van der Waals surface area (Å²) in [6.07, 6.45) is 4.97. The van der Waals surface area contributed by atoms with Crippen LogP contribution in [-0.4, -0.2) is 37.4 Å². The number of ether oxygens (including phenoxy) is 1. The highest BCUT2D eigenvalue weighted by atomic mass is 32.2. The third kappa shape index (κ3) is 4.29. The van der Waals surface area contributed by atoms with Gasteiger partial charge in [0.2, 0.25) is 5.95 Å². The van der Waals surface area contributed by atoms with E-state index in [9.17, 15) is 4.21 Å². The number of hydrogen-bond donors (Lipinski definition) is 2. The van der Waals surface area contributed by atoms with E-state index >= 15 is 0 Å². The number of rotatable bonds is 4. The Bertz CT molecular complexity index is 1130. The molecule has 2 aromatic carbocycles. The summed E-state index contributed by atoms with van der Waals surface area (Å²) in [5, 5.41) is 10.3. The summed E-state index contributed by atoms with van der Waals surface area (Å²) in [6.45, 7) is 0.700. The van der Waals surface area contributed by atoms with Crippen molar-refractivity contribution in [3.63, 3.8) is 0 Å². The SMILES string of the molecule is CS(N)(=O)=Cc1cccc(Nc2ncnc(-c3cccc4c3OCCC4)n2)c1. The molecule has 1 aromatic heterocycles. The molecule has 0 saturated heterocycles. The van der Waals surface area contributed by atoms with Gasteiger partial charge >= 0.3 is 0 Å². The number of anilines is 2. The molecule has 4 rings (SSSR count). The van der Waals surface area contributed by atoms with Crippen LogP contribution in [0.25, 0.3) is 11.4 Å². The van der Waals surface area contributed by atoms with E-state index in [0.29, 0.717) is 18.4 Å². The molecule has 28 heavy (non-hydrogen) atoms. The summed E-state index contributed by atoms with van der Waals surface area (Å²) < 4.78 is 17.7. The molecule has 1 unspecified atom stereocenters. The largest absolute Gasteiger partial charge is 0.493 e. The highest BCUT2D eigenvalue weighted by Crippen LogP contribution is 2.34. The van der Waals surface area contributed by atoms with Gasteiger partial charge in [0.1, 0.15) is 12.1 Å². The van der Waals surface area contributed by atoms with Crippen LogP contribution in [0.2, 0.25) is 0 Å². The molecule has 0 radical (unpaired) electrons. The molecular formula is C20H21N5O2S. The second kappa shape index (κ2) is 7.57. The Kier molecular flexibility index (Phi) is 4.97. The first-order chi connectivity index (χ1) is 13.5. The molecule has 3 N–H and O–H groups in total. The van der Waals surface area contributed by atoms with Crippen LogP contribution in [0.3, 0.4) is 0 Å². The standard InChI is InChI=1S/C20H21N5O2S/c1-28(21,26)12-14-5-2-8-16(11-14)24-20-23-13-22-19(25-20)17-9-3-6-15-7-4-10-27-18(15)17/h2-3,5-6,8-9,11-13H,4,7,10H2,1H3,(H2,21,26)(H,22,23,24,25). The zero-order chi connectivity index (χ0) is 19.6. The monoisotopic (exact) mass is 395 g/mol. The Morgan fingerprint density at radius 2 is 2.07 bits per heavy atom. The van der Waals surface area contributed by atoms with E-state index in [1.807, 2.05) is 36.4 Å². The Hall–Kier alpha value is -2.97. The zero-order valence-electron chi connectivity index (χ0n) is 15.5. The van der Waals surface area contributed by atoms with Crippen molar-refractivity contribution in [3.8, 4) is 17.1 Å². The normalized spacial score (nSPS) is 15.1. The van der Waals surface area contributed by atoms with Gasteiger partial charge in [-0.2, -0.15) is 4.98 Å². The molecule has 3 aromatic rings. The Labute approximate surface area is 164 Å². The molecule has 0 bridgehead atoms. The quantitative estimate of drug-likeness (QED) is 0.658. The number of aromatic nitrogens is 3. The van der Waals surface area contributed by atoms with E-state index in [2.05, 4.69) is 26.3 Å². The van der Waals surface area contributed by atoms with Crippen molar-refractivity contribution in [2.45, 2.75) is 12.8 Å². The van der Waals surface area contributed by atoms with Gasteiger partial charge in [-0.25, -0.2) is 9.97 Å². The number of para-hydroxylation sites is 1. The predicted molar refractivity (Wildman–Crippen MR) is 112 cm³/mol. The number of nitrogens with two attached hydrogens (primary N) is 1. The number of benzene rings is 2. The van der Waals surface area contributed by atoms with Gasteiger partial charge in [-0.05, 0) is 42.2 Å². The Morgan fingerprint density at radius 3 is 2.93 bits per heavy atom. The first kappa shape index (κ1) is 18.4. The summed E-state index contributed by atoms with van der Waals surface area (Å²) in [6, 6.07) is 13.4. The minimum absolute atomic E-state index is 0.417. The van der Waals surface area contributed by atoms with Gasteiger partial charge in [-0.15, -0.1) is 0 Å². The smallest absolute Gasteiger partial charge is 0.230 e. The third-order valence-corrected chi connectivity index (χ3v) is 5.00.